The van der Waals surface area contributed by atoms with Crippen LogP contribution in [0.1, 0.15) is 49.9 Å². The van der Waals surface area contributed by atoms with E-state index in [2.05, 4.69) is 341 Å². The molecular weight excluding hydrogens is 1060 g/mol. The number of para-hydroxylation sites is 3. The molecule has 4 nitrogen and oxygen atoms in total. The summed E-state index contributed by atoms with van der Waals surface area (Å²) in [4.78, 5) is 2.36. The number of fused-ring (bicyclic) bond motifs is 23. The summed E-state index contributed by atoms with van der Waals surface area (Å²) < 4.78 is 6.91. The molecule has 424 valence electrons. The highest BCUT2D eigenvalue weighted by Crippen LogP contribution is 2.54. The summed E-state index contributed by atoms with van der Waals surface area (Å²) in [5.74, 6) is 0. The van der Waals surface area contributed by atoms with Crippen molar-refractivity contribution in [1.82, 2.24) is 13.7 Å². The van der Waals surface area contributed by atoms with Crippen molar-refractivity contribution in [2.45, 2.75) is 38.5 Å². The summed E-state index contributed by atoms with van der Waals surface area (Å²) in [7, 11) is 8.66. The molecule has 1 aliphatic carbocycles. The zero-order chi connectivity index (χ0) is 59.7. The molecule has 2 aliphatic rings. The normalized spacial score (nSPS) is 13.6. The number of nitrogens with zero attached hydrogens (tertiary/aromatic N) is 4. The summed E-state index contributed by atoms with van der Waals surface area (Å²) in [5.41, 5.74) is 19.0. The molecule has 0 radical (unpaired) electrons. The standard InChI is InChI=1S/C24H21N.C22H19N.C21H15N.C17H13N/c1-24(2)22-18-10-6-4-8-16(18)12-14-20(22)25(3)21-15-13-17-9-5-7-11-19(17)23(21)24;1-22(2)18-10-6-4-8-14(18)16-13-21-17(12-19(16)22)15-9-5-7-11-20(15)23(21)3;1-22-19-9-5-4-8-17(19)21-18-13-15-7-3-2-6-14(15)12-16(18)10-11-20(21)22;1-18-16-9-5-4-8-14(16)15-11-10-12-6-2-3-7-13(12)17(15)18/h4-15H,1-3H3;4-13H,1-3H3;2-13H,1H3;2-11H,1H3. The third-order valence-electron chi connectivity index (χ3n) is 20.0. The fourth-order valence-corrected chi connectivity index (χ4v) is 15.6. The van der Waals surface area contributed by atoms with Gasteiger partial charge in [0.15, 0.2) is 0 Å². The van der Waals surface area contributed by atoms with Crippen molar-refractivity contribution in [3.05, 3.63) is 289 Å². The molecule has 3 aromatic heterocycles. The van der Waals surface area contributed by atoms with E-state index in [1.54, 1.807) is 0 Å². The molecule has 0 fully saturated rings. The molecule has 0 spiro atoms. The molecule has 0 amide bonds. The maximum Gasteiger partial charge on any atom is 0.0568 e. The van der Waals surface area contributed by atoms with Crippen molar-refractivity contribution in [2.24, 2.45) is 21.1 Å². The Morgan fingerprint density at radius 3 is 1.34 bits per heavy atom. The Labute approximate surface area is 513 Å². The highest BCUT2D eigenvalue weighted by Gasteiger charge is 2.38. The quantitative estimate of drug-likeness (QED) is 0.138. The number of aryl methyl sites for hydroxylation is 3. The smallest absolute Gasteiger partial charge is 0.0568 e. The van der Waals surface area contributed by atoms with Gasteiger partial charge in [-0.05, 0) is 143 Å². The van der Waals surface area contributed by atoms with Gasteiger partial charge in [-0.3, -0.25) is 0 Å². The van der Waals surface area contributed by atoms with Gasteiger partial charge in [0, 0.05) is 116 Å². The lowest BCUT2D eigenvalue weighted by atomic mass is 9.70. The molecule has 0 saturated heterocycles. The highest BCUT2D eigenvalue weighted by molar-refractivity contribution is 6.23. The van der Waals surface area contributed by atoms with Crippen LogP contribution >= 0.6 is 0 Å². The molecule has 88 heavy (non-hydrogen) atoms. The lowest BCUT2D eigenvalue weighted by Crippen LogP contribution is -2.31. The minimum Gasteiger partial charge on any atom is -0.344 e. The minimum absolute atomic E-state index is 0.0566. The molecule has 1 aliphatic heterocycles. The minimum atomic E-state index is -0.0566. The van der Waals surface area contributed by atoms with Gasteiger partial charge in [-0.2, -0.15) is 0 Å². The van der Waals surface area contributed by atoms with Crippen molar-refractivity contribution in [1.29, 1.82) is 0 Å². The van der Waals surface area contributed by atoms with E-state index in [1.165, 1.54) is 164 Å². The fourth-order valence-electron chi connectivity index (χ4n) is 15.6. The Kier molecular flexibility index (Phi) is 12.1. The lowest BCUT2D eigenvalue weighted by Gasteiger charge is -2.42. The van der Waals surface area contributed by atoms with Crippen LogP contribution in [0.2, 0.25) is 0 Å². The van der Waals surface area contributed by atoms with Gasteiger partial charge in [-0.25, -0.2) is 0 Å². The van der Waals surface area contributed by atoms with Gasteiger partial charge in [-0.1, -0.05) is 234 Å². The first-order chi connectivity index (χ1) is 42.9. The van der Waals surface area contributed by atoms with Crippen LogP contribution in [0, 0.1) is 0 Å². The Balaban J connectivity index is 0.0000000951. The van der Waals surface area contributed by atoms with Gasteiger partial charge < -0.3 is 18.6 Å². The molecule has 0 saturated carbocycles. The maximum atomic E-state index is 2.42. The Hall–Kier alpha value is -10.4. The Bertz CT molecular complexity index is 5620. The summed E-state index contributed by atoms with van der Waals surface area (Å²) in [6, 6.07) is 96.9. The maximum absolute atomic E-state index is 2.42. The molecule has 4 heteroatoms. The van der Waals surface area contributed by atoms with Crippen LogP contribution in [0.5, 0.6) is 0 Å². The lowest BCUT2D eigenvalue weighted by molar-refractivity contribution is 0.642. The van der Waals surface area contributed by atoms with Gasteiger partial charge in [0.05, 0.1) is 5.52 Å². The van der Waals surface area contributed by atoms with Crippen molar-refractivity contribution < 1.29 is 0 Å². The zero-order valence-corrected chi connectivity index (χ0v) is 51.2. The molecule has 0 atom stereocenters. The van der Waals surface area contributed by atoms with E-state index in [0.717, 1.165) is 0 Å². The molecule has 0 N–H and O–H groups in total. The molecule has 14 aromatic carbocycles. The second-order valence-corrected chi connectivity index (χ2v) is 25.4. The van der Waals surface area contributed by atoms with Gasteiger partial charge in [0.1, 0.15) is 0 Å². The number of aromatic nitrogens is 3. The molecule has 19 rings (SSSR count). The van der Waals surface area contributed by atoms with E-state index in [9.17, 15) is 0 Å². The molecular formula is C84H68N4. The summed E-state index contributed by atoms with van der Waals surface area (Å²) in [6.07, 6.45) is 0. The summed E-state index contributed by atoms with van der Waals surface area (Å²) in [6.45, 7) is 9.43. The number of hydrogen-bond acceptors (Lipinski definition) is 1. The molecule has 4 heterocycles. The predicted octanol–water partition coefficient (Wildman–Crippen LogP) is 22.2. The molecule has 0 bridgehead atoms. The monoisotopic (exact) mass is 1130 g/mol. The van der Waals surface area contributed by atoms with E-state index < -0.39 is 0 Å². The average molecular weight is 1130 g/mol. The third kappa shape index (κ3) is 7.98. The van der Waals surface area contributed by atoms with Crippen molar-refractivity contribution in [3.63, 3.8) is 0 Å². The van der Waals surface area contributed by atoms with Crippen LogP contribution < -0.4 is 4.90 Å². The van der Waals surface area contributed by atoms with E-state index in [-0.39, 0.29) is 10.8 Å². The fraction of sp³-hybridized carbons (Fsp3) is 0.119. The van der Waals surface area contributed by atoms with Crippen molar-refractivity contribution >= 4 is 131 Å². The average Bonchev–Trinajstić information content (AvgIpc) is 0.991. The predicted molar refractivity (Wildman–Crippen MR) is 379 cm³/mol. The molecule has 0 unspecified atom stereocenters. The van der Waals surface area contributed by atoms with Gasteiger partial charge in [0.2, 0.25) is 0 Å². The SMILES string of the molecule is CN1c2ccc3ccccc3c2C(C)(C)c2c1ccc1ccccc21.Cn1c2ccccc2c2c3cc4ccccc4cc3ccc21.Cn1c2ccccc2c2cc3c(cc21)-c1ccccc1C3(C)C.Cn1c2ccccc2c2ccc3ccccc3c21. The van der Waals surface area contributed by atoms with Crippen LogP contribution in [0.4, 0.5) is 11.4 Å². The van der Waals surface area contributed by atoms with Crippen LogP contribution in [-0.4, -0.2) is 20.7 Å². The van der Waals surface area contributed by atoms with Crippen molar-refractivity contribution in [3.8, 4) is 11.1 Å². The first-order valence-electron chi connectivity index (χ1n) is 30.9. The second kappa shape index (κ2) is 20.1. The van der Waals surface area contributed by atoms with Crippen LogP contribution in [0.15, 0.2) is 267 Å². The number of benzene rings is 14. The van der Waals surface area contributed by atoms with E-state index >= 15 is 0 Å². The number of hydrogen-bond donors (Lipinski definition) is 0. The first-order valence-corrected chi connectivity index (χ1v) is 30.9. The summed E-state index contributed by atoms with van der Waals surface area (Å²) in [5, 5.41) is 21.3. The van der Waals surface area contributed by atoms with Gasteiger partial charge in [0.25, 0.3) is 0 Å². The van der Waals surface area contributed by atoms with Gasteiger partial charge in [-0.15, -0.1) is 0 Å². The highest BCUT2D eigenvalue weighted by atomic mass is 15.1. The van der Waals surface area contributed by atoms with E-state index in [1.807, 2.05) is 0 Å². The number of anilines is 2. The van der Waals surface area contributed by atoms with Gasteiger partial charge >= 0.3 is 0 Å². The van der Waals surface area contributed by atoms with Crippen LogP contribution in [0.3, 0.4) is 0 Å². The van der Waals surface area contributed by atoms with E-state index in [0.29, 0.717) is 0 Å². The number of rotatable bonds is 0. The van der Waals surface area contributed by atoms with Crippen molar-refractivity contribution in [2.75, 3.05) is 11.9 Å². The largest absolute Gasteiger partial charge is 0.344 e. The Morgan fingerprint density at radius 1 is 0.250 bits per heavy atom. The summed E-state index contributed by atoms with van der Waals surface area (Å²) >= 11 is 0. The van der Waals surface area contributed by atoms with E-state index in [4.69, 9.17) is 0 Å². The first kappa shape index (κ1) is 53.1. The van der Waals surface area contributed by atoms with Crippen LogP contribution in [0.25, 0.3) is 130 Å². The molecule has 17 aromatic rings. The second-order valence-electron chi connectivity index (χ2n) is 25.4. The van der Waals surface area contributed by atoms with Crippen LogP contribution in [-0.2, 0) is 32.0 Å². The Morgan fingerprint density at radius 2 is 0.705 bits per heavy atom. The third-order valence-corrected chi connectivity index (χ3v) is 20.0. The topological polar surface area (TPSA) is 18.0 Å². The zero-order valence-electron chi connectivity index (χ0n) is 51.2.